The summed E-state index contributed by atoms with van der Waals surface area (Å²) in [4.78, 5) is 10.5. The van der Waals surface area contributed by atoms with Crippen molar-refractivity contribution in [2.75, 3.05) is 5.32 Å². The van der Waals surface area contributed by atoms with Crippen molar-refractivity contribution >= 4 is 27.3 Å². The third kappa shape index (κ3) is 3.12. The molecule has 0 aliphatic rings. The standard InChI is InChI=1S/C14H13BrN2O2/c1-10-11(5-4-8-14(10)17(18)19)9-16-13-7-3-2-6-12(13)15/h2-8,16H,9H2,1H3. The summed E-state index contributed by atoms with van der Waals surface area (Å²) in [6, 6.07) is 12.9. The highest BCUT2D eigenvalue weighted by atomic mass is 79.9. The number of nitrogens with one attached hydrogen (secondary N) is 1. The van der Waals surface area contributed by atoms with Crippen LogP contribution in [0.1, 0.15) is 11.1 Å². The molecule has 2 rings (SSSR count). The van der Waals surface area contributed by atoms with Crippen LogP contribution >= 0.6 is 15.9 Å². The molecule has 0 saturated carbocycles. The number of para-hydroxylation sites is 1. The molecule has 0 heterocycles. The van der Waals surface area contributed by atoms with Gasteiger partial charge in [0.1, 0.15) is 0 Å². The maximum atomic E-state index is 10.9. The van der Waals surface area contributed by atoms with Crippen molar-refractivity contribution in [3.63, 3.8) is 0 Å². The Kier molecular flexibility index (Phi) is 4.16. The third-order valence-electron chi connectivity index (χ3n) is 2.96. The van der Waals surface area contributed by atoms with Crippen molar-refractivity contribution in [3.8, 4) is 0 Å². The minimum atomic E-state index is -0.350. The maximum absolute atomic E-state index is 10.9. The molecule has 0 bridgehead atoms. The number of rotatable bonds is 4. The zero-order valence-electron chi connectivity index (χ0n) is 10.4. The second-order valence-electron chi connectivity index (χ2n) is 4.15. The van der Waals surface area contributed by atoms with Gasteiger partial charge in [-0.3, -0.25) is 10.1 Å². The summed E-state index contributed by atoms with van der Waals surface area (Å²) in [7, 11) is 0. The van der Waals surface area contributed by atoms with E-state index in [4.69, 9.17) is 0 Å². The van der Waals surface area contributed by atoms with E-state index in [-0.39, 0.29) is 10.6 Å². The van der Waals surface area contributed by atoms with Crippen molar-refractivity contribution in [1.82, 2.24) is 0 Å². The number of nitro benzene ring substituents is 1. The fraction of sp³-hybridized carbons (Fsp3) is 0.143. The van der Waals surface area contributed by atoms with Crippen LogP contribution < -0.4 is 5.32 Å². The van der Waals surface area contributed by atoms with Crippen LogP contribution in [-0.4, -0.2) is 4.92 Å². The summed E-state index contributed by atoms with van der Waals surface area (Å²) in [5, 5.41) is 14.1. The van der Waals surface area contributed by atoms with Gasteiger partial charge in [-0.05, 0) is 40.5 Å². The van der Waals surface area contributed by atoms with E-state index in [0.29, 0.717) is 12.1 Å². The van der Waals surface area contributed by atoms with Gasteiger partial charge in [0.05, 0.1) is 4.92 Å². The number of benzene rings is 2. The van der Waals surface area contributed by atoms with Gasteiger partial charge in [0.2, 0.25) is 0 Å². The molecule has 0 atom stereocenters. The lowest BCUT2D eigenvalue weighted by molar-refractivity contribution is -0.385. The van der Waals surface area contributed by atoms with Gasteiger partial charge in [-0.15, -0.1) is 0 Å². The van der Waals surface area contributed by atoms with E-state index in [9.17, 15) is 10.1 Å². The fourth-order valence-corrected chi connectivity index (χ4v) is 2.28. The summed E-state index contributed by atoms with van der Waals surface area (Å²) in [6.07, 6.45) is 0. The van der Waals surface area contributed by atoms with Crippen molar-refractivity contribution in [3.05, 3.63) is 68.2 Å². The molecule has 0 radical (unpaired) electrons. The van der Waals surface area contributed by atoms with Crippen LogP contribution in [0.25, 0.3) is 0 Å². The number of hydrogen-bond acceptors (Lipinski definition) is 3. The number of halogens is 1. The SMILES string of the molecule is Cc1c(CNc2ccccc2Br)cccc1[N+](=O)[O-]. The first-order valence-corrected chi connectivity index (χ1v) is 6.60. The highest BCUT2D eigenvalue weighted by Crippen LogP contribution is 2.24. The monoisotopic (exact) mass is 320 g/mol. The van der Waals surface area contributed by atoms with Crippen molar-refractivity contribution in [1.29, 1.82) is 0 Å². The Bertz CT molecular complexity index is 614. The molecule has 19 heavy (non-hydrogen) atoms. The number of nitrogens with zero attached hydrogens (tertiary/aromatic N) is 1. The lowest BCUT2D eigenvalue weighted by Crippen LogP contribution is -2.03. The average molecular weight is 321 g/mol. The predicted molar refractivity (Wildman–Crippen MR) is 79.3 cm³/mol. The van der Waals surface area contributed by atoms with Gasteiger partial charge in [-0.25, -0.2) is 0 Å². The minimum Gasteiger partial charge on any atom is -0.380 e. The molecule has 0 aliphatic heterocycles. The van der Waals surface area contributed by atoms with Gasteiger partial charge >= 0.3 is 0 Å². The smallest absolute Gasteiger partial charge is 0.272 e. The molecule has 2 aromatic carbocycles. The summed E-state index contributed by atoms with van der Waals surface area (Å²) in [6.45, 7) is 2.32. The highest BCUT2D eigenvalue weighted by Gasteiger charge is 2.12. The molecular formula is C14H13BrN2O2. The van der Waals surface area contributed by atoms with Crippen molar-refractivity contribution < 1.29 is 4.92 Å². The number of anilines is 1. The zero-order chi connectivity index (χ0) is 13.8. The zero-order valence-corrected chi connectivity index (χ0v) is 12.0. The molecule has 0 fully saturated rings. The van der Waals surface area contributed by atoms with Gasteiger partial charge in [-0.1, -0.05) is 24.3 Å². The molecule has 0 aromatic heterocycles. The van der Waals surface area contributed by atoms with E-state index < -0.39 is 0 Å². The Morgan fingerprint density at radius 2 is 1.95 bits per heavy atom. The first-order chi connectivity index (χ1) is 9.09. The normalized spacial score (nSPS) is 10.2. The van der Waals surface area contributed by atoms with Crippen LogP contribution in [0.15, 0.2) is 46.9 Å². The Labute approximate surface area is 119 Å². The van der Waals surface area contributed by atoms with Gasteiger partial charge in [0.15, 0.2) is 0 Å². The molecule has 0 spiro atoms. The molecule has 0 saturated heterocycles. The van der Waals surface area contributed by atoms with Crippen LogP contribution in [0.5, 0.6) is 0 Å². The van der Waals surface area contributed by atoms with Gasteiger partial charge in [-0.2, -0.15) is 0 Å². The lowest BCUT2D eigenvalue weighted by Gasteiger charge is -2.10. The first kappa shape index (κ1) is 13.5. The topological polar surface area (TPSA) is 55.2 Å². The summed E-state index contributed by atoms with van der Waals surface area (Å²) < 4.78 is 0.970. The van der Waals surface area contributed by atoms with Crippen LogP contribution in [0, 0.1) is 17.0 Å². The second kappa shape index (κ2) is 5.84. The molecule has 98 valence electrons. The molecule has 4 nitrogen and oxygen atoms in total. The van der Waals surface area contributed by atoms with Crippen LogP contribution in [0.3, 0.4) is 0 Å². The van der Waals surface area contributed by atoms with E-state index in [2.05, 4.69) is 21.2 Å². The van der Waals surface area contributed by atoms with E-state index in [1.54, 1.807) is 13.0 Å². The average Bonchev–Trinajstić information content (AvgIpc) is 2.39. The number of nitro groups is 1. The van der Waals surface area contributed by atoms with E-state index in [1.807, 2.05) is 30.3 Å². The molecule has 0 unspecified atom stereocenters. The summed E-state index contributed by atoms with van der Waals surface area (Å²) in [5.74, 6) is 0. The Morgan fingerprint density at radius 3 is 2.63 bits per heavy atom. The molecule has 0 aliphatic carbocycles. The van der Waals surface area contributed by atoms with E-state index in [1.165, 1.54) is 6.07 Å². The molecular weight excluding hydrogens is 308 g/mol. The van der Waals surface area contributed by atoms with Crippen LogP contribution in [0.4, 0.5) is 11.4 Å². The molecule has 0 amide bonds. The van der Waals surface area contributed by atoms with Crippen molar-refractivity contribution in [2.45, 2.75) is 13.5 Å². The molecule has 5 heteroatoms. The van der Waals surface area contributed by atoms with Crippen molar-refractivity contribution in [2.24, 2.45) is 0 Å². The van der Waals surface area contributed by atoms with Gasteiger partial charge < -0.3 is 5.32 Å². The Hall–Kier alpha value is -1.88. The van der Waals surface area contributed by atoms with Crippen LogP contribution in [0.2, 0.25) is 0 Å². The lowest BCUT2D eigenvalue weighted by atomic mass is 10.1. The first-order valence-electron chi connectivity index (χ1n) is 5.81. The minimum absolute atomic E-state index is 0.159. The third-order valence-corrected chi connectivity index (χ3v) is 3.65. The molecule has 2 aromatic rings. The summed E-state index contributed by atoms with van der Waals surface area (Å²) >= 11 is 3.46. The second-order valence-corrected chi connectivity index (χ2v) is 5.01. The maximum Gasteiger partial charge on any atom is 0.272 e. The fourth-order valence-electron chi connectivity index (χ4n) is 1.85. The summed E-state index contributed by atoms with van der Waals surface area (Å²) in [5.41, 5.74) is 2.75. The Balaban J connectivity index is 2.19. The predicted octanol–water partition coefficient (Wildman–Crippen LogP) is 4.28. The van der Waals surface area contributed by atoms with E-state index in [0.717, 1.165) is 15.7 Å². The van der Waals surface area contributed by atoms with Crippen LogP contribution in [-0.2, 0) is 6.54 Å². The number of hydrogen-bond donors (Lipinski definition) is 1. The molecule has 1 N–H and O–H groups in total. The largest absolute Gasteiger partial charge is 0.380 e. The highest BCUT2D eigenvalue weighted by molar-refractivity contribution is 9.10. The van der Waals surface area contributed by atoms with Gasteiger partial charge in [0, 0.05) is 28.3 Å². The quantitative estimate of drug-likeness (QED) is 0.675. The van der Waals surface area contributed by atoms with Gasteiger partial charge in [0.25, 0.3) is 5.69 Å². The van der Waals surface area contributed by atoms with E-state index >= 15 is 0 Å². The Morgan fingerprint density at radius 1 is 1.21 bits per heavy atom.